The highest BCUT2D eigenvalue weighted by molar-refractivity contribution is 5.95. The summed E-state index contributed by atoms with van der Waals surface area (Å²) in [5, 5.41) is 5.43. The van der Waals surface area contributed by atoms with Crippen molar-refractivity contribution in [2.45, 2.75) is 38.6 Å². The smallest absolute Gasteiger partial charge is 0.170 e. The van der Waals surface area contributed by atoms with Crippen molar-refractivity contribution in [2.24, 2.45) is 5.92 Å². The first-order valence-electron chi connectivity index (χ1n) is 6.79. The van der Waals surface area contributed by atoms with E-state index >= 15 is 0 Å². The van der Waals surface area contributed by atoms with E-state index in [0.29, 0.717) is 5.69 Å². The van der Waals surface area contributed by atoms with Crippen LogP contribution in [0, 0.1) is 5.92 Å². The maximum absolute atomic E-state index is 11.1. The number of aldehydes is 1. The van der Waals surface area contributed by atoms with Gasteiger partial charge in [0.25, 0.3) is 0 Å². The highest BCUT2D eigenvalue weighted by Crippen LogP contribution is 2.26. The number of benzene rings is 1. The molecule has 1 aliphatic rings. The lowest BCUT2D eigenvalue weighted by Gasteiger charge is -2.21. The predicted molar refractivity (Wildman–Crippen MR) is 71.7 cm³/mol. The number of carbonyl (C=O) groups excluding carboxylic acids is 1. The maximum Gasteiger partial charge on any atom is 0.170 e. The average molecular weight is 242 g/mol. The van der Waals surface area contributed by atoms with Crippen LogP contribution in [0.15, 0.2) is 24.3 Å². The molecule has 0 saturated heterocycles. The number of para-hydroxylation sites is 1. The summed E-state index contributed by atoms with van der Waals surface area (Å²) in [6.07, 6.45) is 7.50. The SMILES string of the molecule is O=Cc1nn(CC2CCCCC2)c2ccccc12. The highest BCUT2D eigenvalue weighted by Gasteiger charge is 2.16. The molecule has 0 aliphatic heterocycles. The summed E-state index contributed by atoms with van der Waals surface area (Å²) in [6.45, 7) is 0.953. The second-order valence-electron chi connectivity index (χ2n) is 5.21. The van der Waals surface area contributed by atoms with E-state index in [2.05, 4.69) is 11.2 Å². The van der Waals surface area contributed by atoms with Crippen LogP contribution in [-0.4, -0.2) is 16.1 Å². The van der Waals surface area contributed by atoms with Gasteiger partial charge in [0.1, 0.15) is 5.69 Å². The van der Waals surface area contributed by atoms with Crippen LogP contribution in [0.5, 0.6) is 0 Å². The van der Waals surface area contributed by atoms with Gasteiger partial charge in [-0.15, -0.1) is 0 Å². The number of aromatic nitrogens is 2. The van der Waals surface area contributed by atoms with E-state index in [-0.39, 0.29) is 0 Å². The minimum Gasteiger partial charge on any atom is -0.296 e. The topological polar surface area (TPSA) is 34.9 Å². The molecule has 1 aliphatic carbocycles. The van der Waals surface area contributed by atoms with E-state index in [4.69, 9.17) is 0 Å². The Hall–Kier alpha value is -1.64. The zero-order valence-electron chi connectivity index (χ0n) is 10.5. The Kier molecular flexibility index (Phi) is 3.13. The van der Waals surface area contributed by atoms with Gasteiger partial charge < -0.3 is 0 Å². The lowest BCUT2D eigenvalue weighted by Crippen LogP contribution is -2.15. The Labute approximate surface area is 107 Å². The molecule has 1 fully saturated rings. The van der Waals surface area contributed by atoms with E-state index in [9.17, 15) is 4.79 Å². The third-order valence-corrected chi connectivity index (χ3v) is 3.95. The van der Waals surface area contributed by atoms with E-state index in [0.717, 1.165) is 29.7 Å². The van der Waals surface area contributed by atoms with Gasteiger partial charge >= 0.3 is 0 Å². The molecule has 3 rings (SSSR count). The first-order valence-corrected chi connectivity index (χ1v) is 6.79. The Balaban J connectivity index is 1.93. The van der Waals surface area contributed by atoms with Gasteiger partial charge in [0, 0.05) is 11.9 Å². The lowest BCUT2D eigenvalue weighted by molar-refractivity contribution is 0.111. The van der Waals surface area contributed by atoms with Gasteiger partial charge in [-0.1, -0.05) is 37.5 Å². The summed E-state index contributed by atoms with van der Waals surface area (Å²) in [4.78, 5) is 11.1. The van der Waals surface area contributed by atoms with Crippen molar-refractivity contribution in [2.75, 3.05) is 0 Å². The first kappa shape index (κ1) is 11.5. The van der Waals surface area contributed by atoms with E-state index < -0.39 is 0 Å². The van der Waals surface area contributed by atoms with Crippen LogP contribution in [0.4, 0.5) is 0 Å². The van der Waals surface area contributed by atoms with Crippen molar-refractivity contribution in [1.82, 2.24) is 9.78 Å². The van der Waals surface area contributed by atoms with Crippen molar-refractivity contribution in [3.63, 3.8) is 0 Å². The number of hydrogen-bond acceptors (Lipinski definition) is 2. The summed E-state index contributed by atoms with van der Waals surface area (Å²) < 4.78 is 2.02. The molecule has 0 spiro atoms. The standard InChI is InChI=1S/C15H18N2O/c18-11-14-13-8-4-5-9-15(13)17(16-14)10-12-6-2-1-3-7-12/h4-5,8-9,11-12H,1-3,6-7,10H2. The van der Waals surface area contributed by atoms with Crippen LogP contribution in [0.25, 0.3) is 10.9 Å². The quantitative estimate of drug-likeness (QED) is 0.773. The summed E-state index contributed by atoms with van der Waals surface area (Å²) in [6, 6.07) is 8.00. The molecule has 0 N–H and O–H groups in total. The molecule has 3 nitrogen and oxygen atoms in total. The number of hydrogen-bond donors (Lipinski definition) is 0. The molecular formula is C15H18N2O. The molecule has 1 saturated carbocycles. The van der Waals surface area contributed by atoms with Crippen LogP contribution in [-0.2, 0) is 6.54 Å². The van der Waals surface area contributed by atoms with Crippen molar-refractivity contribution < 1.29 is 4.79 Å². The molecule has 1 aromatic heterocycles. The van der Waals surface area contributed by atoms with Gasteiger partial charge in [-0.2, -0.15) is 5.10 Å². The minimum absolute atomic E-state index is 0.571. The molecule has 1 aromatic carbocycles. The second kappa shape index (κ2) is 4.92. The monoisotopic (exact) mass is 242 g/mol. The van der Waals surface area contributed by atoms with Gasteiger partial charge in [-0.25, -0.2) is 0 Å². The van der Waals surface area contributed by atoms with Crippen molar-refractivity contribution in [3.8, 4) is 0 Å². The molecule has 0 atom stereocenters. The van der Waals surface area contributed by atoms with Crippen LogP contribution in [0.2, 0.25) is 0 Å². The fraction of sp³-hybridized carbons (Fsp3) is 0.467. The molecule has 3 heteroatoms. The molecule has 0 unspecified atom stereocenters. The van der Waals surface area contributed by atoms with Crippen LogP contribution in [0.3, 0.4) is 0 Å². The number of fused-ring (bicyclic) bond motifs is 1. The Morgan fingerprint density at radius 1 is 1.22 bits per heavy atom. The molecule has 1 heterocycles. The molecule has 0 radical (unpaired) electrons. The molecule has 0 amide bonds. The van der Waals surface area contributed by atoms with Crippen molar-refractivity contribution in [1.29, 1.82) is 0 Å². The van der Waals surface area contributed by atoms with Crippen LogP contribution >= 0.6 is 0 Å². The molecule has 94 valence electrons. The van der Waals surface area contributed by atoms with E-state index in [1.165, 1.54) is 32.1 Å². The first-order chi connectivity index (χ1) is 8.88. The zero-order valence-corrected chi connectivity index (χ0v) is 10.5. The Morgan fingerprint density at radius 2 is 2.00 bits per heavy atom. The number of carbonyl (C=O) groups is 1. The normalized spacial score (nSPS) is 17.1. The van der Waals surface area contributed by atoms with Gasteiger partial charge in [0.2, 0.25) is 0 Å². The molecule has 18 heavy (non-hydrogen) atoms. The Bertz CT molecular complexity index is 553. The van der Waals surface area contributed by atoms with E-state index in [1.54, 1.807) is 0 Å². The highest BCUT2D eigenvalue weighted by atomic mass is 16.1. The molecular weight excluding hydrogens is 224 g/mol. The fourth-order valence-corrected chi connectivity index (χ4v) is 2.99. The number of rotatable bonds is 3. The van der Waals surface area contributed by atoms with Gasteiger partial charge in [-0.05, 0) is 24.8 Å². The lowest BCUT2D eigenvalue weighted by atomic mass is 9.89. The third kappa shape index (κ3) is 2.05. The molecule has 2 aromatic rings. The van der Waals surface area contributed by atoms with Gasteiger partial charge in [0.05, 0.1) is 5.52 Å². The minimum atomic E-state index is 0.571. The Morgan fingerprint density at radius 3 is 2.78 bits per heavy atom. The number of nitrogens with zero attached hydrogens (tertiary/aromatic N) is 2. The van der Waals surface area contributed by atoms with E-state index in [1.807, 2.05) is 22.9 Å². The average Bonchev–Trinajstić information content (AvgIpc) is 2.78. The van der Waals surface area contributed by atoms with Crippen LogP contribution < -0.4 is 0 Å². The summed E-state index contributed by atoms with van der Waals surface area (Å²) in [7, 11) is 0. The zero-order chi connectivity index (χ0) is 12.4. The molecule has 0 bridgehead atoms. The maximum atomic E-state index is 11.1. The summed E-state index contributed by atoms with van der Waals surface area (Å²) in [5.74, 6) is 0.724. The summed E-state index contributed by atoms with van der Waals surface area (Å²) in [5.41, 5.74) is 1.66. The fourth-order valence-electron chi connectivity index (χ4n) is 2.99. The van der Waals surface area contributed by atoms with Gasteiger partial charge in [0.15, 0.2) is 6.29 Å². The van der Waals surface area contributed by atoms with Gasteiger partial charge in [-0.3, -0.25) is 9.48 Å². The van der Waals surface area contributed by atoms with Crippen molar-refractivity contribution >= 4 is 17.2 Å². The second-order valence-corrected chi connectivity index (χ2v) is 5.21. The van der Waals surface area contributed by atoms with Crippen molar-refractivity contribution in [3.05, 3.63) is 30.0 Å². The van der Waals surface area contributed by atoms with Crippen LogP contribution in [0.1, 0.15) is 42.6 Å². The third-order valence-electron chi connectivity index (χ3n) is 3.95. The summed E-state index contributed by atoms with van der Waals surface area (Å²) >= 11 is 0. The predicted octanol–water partition coefficient (Wildman–Crippen LogP) is 3.43. The largest absolute Gasteiger partial charge is 0.296 e.